The van der Waals surface area contributed by atoms with E-state index in [1.54, 1.807) is 6.07 Å². The van der Waals surface area contributed by atoms with Crippen molar-refractivity contribution in [1.82, 2.24) is 41.0 Å². The van der Waals surface area contributed by atoms with Gasteiger partial charge in [-0.15, -0.1) is 10.2 Å². The molecule has 0 spiro atoms. The maximum atomic E-state index is 13.6. The van der Waals surface area contributed by atoms with Gasteiger partial charge in [-0.25, -0.2) is 4.68 Å². The van der Waals surface area contributed by atoms with E-state index in [0.29, 0.717) is 18.9 Å². The second-order valence-corrected chi connectivity index (χ2v) is 10.5. The fourth-order valence-electron chi connectivity index (χ4n) is 5.64. The summed E-state index contributed by atoms with van der Waals surface area (Å²) in [5.74, 6) is -0.297. The number of hydrogen-bond acceptors (Lipinski definition) is 8. The molecule has 3 N–H and O–H groups in total. The van der Waals surface area contributed by atoms with Crippen molar-refractivity contribution in [2.45, 2.75) is 95.7 Å². The number of ether oxygens (including phenoxy) is 2. The first kappa shape index (κ1) is 27.9. The lowest BCUT2D eigenvalue weighted by atomic mass is 9.92. The summed E-state index contributed by atoms with van der Waals surface area (Å²) >= 11 is 0. The molecule has 2 amide bonds. The van der Waals surface area contributed by atoms with Gasteiger partial charge in [0.25, 0.3) is 5.91 Å². The first-order valence-corrected chi connectivity index (χ1v) is 14.3. The average Bonchev–Trinajstić information content (AvgIpc) is 3.65. The number of aromatic nitrogens is 6. The lowest BCUT2D eigenvalue weighted by Crippen LogP contribution is -2.48. The maximum absolute atomic E-state index is 13.6. The molecule has 12 heteroatoms. The Bertz CT molecular complexity index is 1230. The molecule has 2 heterocycles. The summed E-state index contributed by atoms with van der Waals surface area (Å²) in [5, 5.41) is 24.8. The molecule has 0 radical (unpaired) electrons. The first-order chi connectivity index (χ1) is 19.6. The van der Waals surface area contributed by atoms with Crippen LogP contribution in [0.5, 0.6) is 0 Å². The van der Waals surface area contributed by atoms with E-state index in [2.05, 4.69) is 36.4 Å². The molecule has 4 atom stereocenters. The number of nitrogens with zero attached hydrogens (tertiary/aromatic N) is 5. The fourth-order valence-corrected chi connectivity index (χ4v) is 5.64. The molecule has 2 aliphatic carbocycles. The Labute approximate surface area is 233 Å². The Morgan fingerprint density at radius 1 is 0.975 bits per heavy atom. The summed E-state index contributed by atoms with van der Waals surface area (Å²) in [6.07, 6.45) is 7.56. The van der Waals surface area contributed by atoms with Gasteiger partial charge in [0, 0.05) is 12.7 Å². The van der Waals surface area contributed by atoms with Crippen molar-refractivity contribution in [3.63, 3.8) is 0 Å². The van der Waals surface area contributed by atoms with Gasteiger partial charge in [-0.05, 0) is 43.4 Å². The minimum Gasteiger partial charge on any atom is -0.376 e. The molecule has 40 heavy (non-hydrogen) atoms. The Morgan fingerprint density at radius 2 is 1.68 bits per heavy atom. The van der Waals surface area contributed by atoms with Gasteiger partial charge in [0.05, 0.1) is 30.9 Å². The van der Waals surface area contributed by atoms with Crippen LogP contribution >= 0.6 is 0 Å². The van der Waals surface area contributed by atoms with Gasteiger partial charge in [0.1, 0.15) is 17.9 Å². The fraction of sp³-hybridized carbons (Fsp3) is 0.571. The molecule has 0 aliphatic heterocycles. The summed E-state index contributed by atoms with van der Waals surface area (Å²) in [7, 11) is 0. The summed E-state index contributed by atoms with van der Waals surface area (Å²) in [6, 6.07) is 11.4. The second-order valence-electron chi connectivity index (χ2n) is 10.5. The minimum absolute atomic E-state index is 0.00268. The van der Waals surface area contributed by atoms with Crippen molar-refractivity contribution >= 4 is 11.8 Å². The van der Waals surface area contributed by atoms with Crippen LogP contribution in [-0.2, 0) is 27.4 Å². The van der Waals surface area contributed by atoms with Crippen molar-refractivity contribution in [1.29, 1.82) is 0 Å². The summed E-state index contributed by atoms with van der Waals surface area (Å²) in [5.41, 5.74) is 1.71. The number of H-pyrrole nitrogens is 1. The monoisotopic (exact) mass is 550 g/mol. The average molecular weight is 551 g/mol. The Hall–Kier alpha value is -3.64. The molecule has 0 unspecified atom stereocenters. The Kier molecular flexibility index (Phi) is 9.50. The molecular formula is C28H38N8O4. The zero-order valence-corrected chi connectivity index (χ0v) is 22.9. The number of nitrogens with one attached hydrogen (secondary N) is 3. The minimum atomic E-state index is -0.319. The van der Waals surface area contributed by atoms with E-state index in [0.717, 1.165) is 56.9 Å². The van der Waals surface area contributed by atoms with Crippen LogP contribution < -0.4 is 10.6 Å². The van der Waals surface area contributed by atoms with Crippen molar-refractivity contribution in [2.24, 2.45) is 0 Å². The molecule has 0 saturated heterocycles. The van der Waals surface area contributed by atoms with Gasteiger partial charge in [0.2, 0.25) is 11.7 Å². The quantitative estimate of drug-likeness (QED) is 0.330. The first-order valence-electron chi connectivity index (χ1n) is 14.3. The van der Waals surface area contributed by atoms with Crippen molar-refractivity contribution < 1.29 is 19.1 Å². The number of benzene rings is 1. The maximum Gasteiger partial charge on any atom is 0.269 e. The smallest absolute Gasteiger partial charge is 0.269 e. The molecule has 1 aromatic carbocycles. The van der Waals surface area contributed by atoms with Gasteiger partial charge in [-0.1, -0.05) is 56.0 Å². The number of rotatable bonds is 11. The highest BCUT2D eigenvalue weighted by Gasteiger charge is 2.31. The van der Waals surface area contributed by atoms with Crippen LogP contribution in [0.3, 0.4) is 0 Å². The van der Waals surface area contributed by atoms with Gasteiger partial charge in [-0.2, -0.15) is 10.3 Å². The van der Waals surface area contributed by atoms with Gasteiger partial charge in [0.15, 0.2) is 0 Å². The summed E-state index contributed by atoms with van der Waals surface area (Å²) < 4.78 is 13.5. The number of aromatic amines is 1. The number of carbonyl (C=O) groups excluding carboxylic acids is 2. The molecule has 2 aliphatic rings. The van der Waals surface area contributed by atoms with Crippen LogP contribution in [0.1, 0.15) is 74.3 Å². The van der Waals surface area contributed by atoms with E-state index in [1.165, 1.54) is 4.68 Å². The second kappa shape index (κ2) is 13.6. The third-order valence-electron chi connectivity index (χ3n) is 7.64. The Balaban J connectivity index is 1.29. The SMILES string of the molecule is CCO[C@@H]1CCCC[C@H]1NC(=O)Cn1nc(-c2nn[nH]n2)cc1C(=O)N[C@H]1CCCC[C@@H]1OCc1ccccc1. The predicted octanol–water partition coefficient (Wildman–Crippen LogP) is 2.78. The van der Waals surface area contributed by atoms with Crippen molar-refractivity contribution in [3.8, 4) is 11.5 Å². The molecule has 2 saturated carbocycles. The lowest BCUT2D eigenvalue weighted by Gasteiger charge is -2.32. The molecule has 214 valence electrons. The highest BCUT2D eigenvalue weighted by Crippen LogP contribution is 2.24. The van der Waals surface area contributed by atoms with Crippen LogP contribution in [0.25, 0.3) is 11.5 Å². The standard InChI is InChI=1S/C28H38N8O4/c1-2-39-24-14-8-6-12-20(24)29-26(37)17-36-23(16-22(33-36)27-31-34-35-32-27)28(38)30-21-13-7-9-15-25(21)40-18-19-10-4-3-5-11-19/h3-5,10-11,16,20-21,24-25H,2,6-9,12-15,17-18H2,1H3,(H,29,37)(H,30,38)(H,31,32,34,35)/t20-,21+,24-,25+/m1/s1. The van der Waals surface area contributed by atoms with Crippen LogP contribution in [0.15, 0.2) is 36.4 Å². The van der Waals surface area contributed by atoms with E-state index in [4.69, 9.17) is 9.47 Å². The van der Waals surface area contributed by atoms with Gasteiger partial charge >= 0.3 is 0 Å². The van der Waals surface area contributed by atoms with E-state index in [-0.39, 0.29) is 54.2 Å². The van der Waals surface area contributed by atoms with E-state index in [9.17, 15) is 9.59 Å². The number of tetrazole rings is 1. The zero-order chi connectivity index (χ0) is 27.7. The van der Waals surface area contributed by atoms with Gasteiger partial charge in [-0.3, -0.25) is 9.59 Å². The normalized spacial score (nSPS) is 23.0. The molecular weight excluding hydrogens is 512 g/mol. The van der Waals surface area contributed by atoms with Crippen LogP contribution in [0.2, 0.25) is 0 Å². The van der Waals surface area contributed by atoms with Gasteiger partial charge < -0.3 is 20.1 Å². The summed E-state index contributed by atoms with van der Waals surface area (Å²) in [6.45, 7) is 2.94. The van der Waals surface area contributed by atoms with Crippen molar-refractivity contribution in [2.75, 3.05) is 6.61 Å². The molecule has 12 nitrogen and oxygen atoms in total. The highest BCUT2D eigenvalue weighted by atomic mass is 16.5. The molecule has 2 fully saturated rings. The molecule has 3 aromatic rings. The van der Waals surface area contributed by atoms with Crippen molar-refractivity contribution in [3.05, 3.63) is 47.7 Å². The highest BCUT2D eigenvalue weighted by molar-refractivity contribution is 5.94. The molecule has 5 rings (SSSR count). The van der Waals surface area contributed by atoms with Crippen LogP contribution in [-0.4, -0.2) is 73.1 Å². The zero-order valence-electron chi connectivity index (χ0n) is 22.9. The largest absolute Gasteiger partial charge is 0.376 e. The Morgan fingerprint density at radius 3 is 2.38 bits per heavy atom. The van der Waals surface area contributed by atoms with E-state index in [1.807, 2.05) is 37.3 Å². The molecule has 2 aromatic heterocycles. The van der Waals surface area contributed by atoms with Crippen LogP contribution in [0, 0.1) is 0 Å². The predicted molar refractivity (Wildman–Crippen MR) is 146 cm³/mol. The van der Waals surface area contributed by atoms with E-state index < -0.39 is 0 Å². The third kappa shape index (κ3) is 7.11. The number of hydrogen-bond donors (Lipinski definition) is 3. The number of amides is 2. The summed E-state index contributed by atoms with van der Waals surface area (Å²) in [4.78, 5) is 26.7. The molecule has 0 bridgehead atoms. The topological polar surface area (TPSA) is 149 Å². The van der Waals surface area contributed by atoms with Crippen LogP contribution in [0.4, 0.5) is 0 Å². The van der Waals surface area contributed by atoms with E-state index >= 15 is 0 Å². The lowest BCUT2D eigenvalue weighted by molar-refractivity contribution is -0.124. The third-order valence-corrected chi connectivity index (χ3v) is 7.64. The number of carbonyl (C=O) groups is 2.